The van der Waals surface area contributed by atoms with Gasteiger partial charge in [-0.15, -0.1) is 0 Å². The molecule has 1 saturated carbocycles. The number of aliphatic hydroxyl groups is 1. The van der Waals surface area contributed by atoms with E-state index >= 15 is 0 Å². The molecule has 0 radical (unpaired) electrons. The van der Waals surface area contributed by atoms with E-state index < -0.39 is 43.0 Å². The molecule has 0 aliphatic heterocycles. The molecule has 2 aromatic carbocycles. The fraction of sp³-hybridized carbons (Fsp3) is 0.258. The Kier molecular flexibility index (Phi) is 8.97. The van der Waals surface area contributed by atoms with Crippen molar-refractivity contribution in [2.24, 2.45) is 7.05 Å². The van der Waals surface area contributed by atoms with Crippen LogP contribution in [0.15, 0.2) is 65.7 Å². The molecule has 1 aliphatic rings. The molecular formula is C31H27F2N5O9. The SMILES string of the molecule is Cn1cc2cc(-c3nn4ccc(C5CC5)nc4c(-c4ccc(OC(F)F)cc4)c3=O)ccc2n1.O=C(O)CC(O)(CC(=O)O)C(=O)O. The number of ether oxygens (including phenoxy) is 1. The van der Waals surface area contributed by atoms with Gasteiger partial charge in [0, 0.05) is 42.0 Å². The lowest BCUT2D eigenvalue weighted by molar-refractivity contribution is -0.170. The van der Waals surface area contributed by atoms with Crippen molar-refractivity contribution in [3.05, 3.63) is 76.8 Å². The van der Waals surface area contributed by atoms with Crippen LogP contribution in [0.5, 0.6) is 5.75 Å². The topological polar surface area (TPSA) is 206 Å². The summed E-state index contributed by atoms with van der Waals surface area (Å²) in [4.78, 5) is 49.1. The van der Waals surface area contributed by atoms with Crippen LogP contribution in [0.3, 0.4) is 0 Å². The average Bonchev–Trinajstić information content (AvgIpc) is 3.77. The van der Waals surface area contributed by atoms with E-state index in [0.717, 1.165) is 29.4 Å². The molecule has 0 bridgehead atoms. The predicted molar refractivity (Wildman–Crippen MR) is 160 cm³/mol. The summed E-state index contributed by atoms with van der Waals surface area (Å²) in [5.41, 5.74) is 0.990. The number of aliphatic carboxylic acids is 3. The maximum atomic E-state index is 13.8. The van der Waals surface area contributed by atoms with Crippen LogP contribution in [0.25, 0.3) is 38.9 Å². The van der Waals surface area contributed by atoms with Gasteiger partial charge in [0.05, 0.1) is 23.9 Å². The molecular weight excluding hydrogens is 624 g/mol. The molecule has 0 atom stereocenters. The fourth-order valence-electron chi connectivity index (χ4n) is 4.92. The summed E-state index contributed by atoms with van der Waals surface area (Å²) in [7, 11) is 1.84. The molecule has 16 heteroatoms. The number of carbonyl (C=O) groups is 3. The van der Waals surface area contributed by atoms with Crippen molar-refractivity contribution in [2.45, 2.75) is 43.8 Å². The highest BCUT2D eigenvalue weighted by atomic mass is 19.3. The van der Waals surface area contributed by atoms with Crippen LogP contribution in [-0.2, 0) is 21.4 Å². The number of nitrogens with zero attached hydrogens (tertiary/aromatic N) is 5. The second-order valence-electron chi connectivity index (χ2n) is 10.9. The number of halogens is 2. The molecule has 244 valence electrons. The number of carboxylic acid groups (broad SMARTS) is 3. The molecule has 1 fully saturated rings. The zero-order valence-electron chi connectivity index (χ0n) is 24.6. The Balaban J connectivity index is 0.000000285. The van der Waals surface area contributed by atoms with Crippen molar-refractivity contribution in [3.8, 4) is 28.1 Å². The number of benzene rings is 2. The molecule has 3 aromatic heterocycles. The van der Waals surface area contributed by atoms with E-state index in [4.69, 9.17) is 25.4 Å². The van der Waals surface area contributed by atoms with Gasteiger partial charge in [-0.3, -0.25) is 19.1 Å². The molecule has 5 aromatic rings. The minimum Gasteiger partial charge on any atom is -0.481 e. The van der Waals surface area contributed by atoms with Gasteiger partial charge in [0.1, 0.15) is 11.4 Å². The summed E-state index contributed by atoms with van der Waals surface area (Å²) in [6.07, 6.45) is 3.55. The Hall–Kier alpha value is -5.77. The summed E-state index contributed by atoms with van der Waals surface area (Å²) in [5, 5.41) is 43.7. The van der Waals surface area contributed by atoms with Crippen LogP contribution in [0.4, 0.5) is 8.78 Å². The predicted octanol–water partition coefficient (Wildman–Crippen LogP) is 3.54. The normalized spacial score (nSPS) is 13.0. The van der Waals surface area contributed by atoms with Crippen molar-refractivity contribution in [1.82, 2.24) is 24.4 Å². The number of alkyl halides is 2. The summed E-state index contributed by atoms with van der Waals surface area (Å²) in [5.74, 6) is -4.61. The summed E-state index contributed by atoms with van der Waals surface area (Å²) in [6, 6.07) is 13.5. The summed E-state index contributed by atoms with van der Waals surface area (Å²) < 4.78 is 33.0. The lowest BCUT2D eigenvalue weighted by Crippen LogP contribution is -2.42. The minimum atomic E-state index is -2.92. The molecule has 47 heavy (non-hydrogen) atoms. The average molecular weight is 652 g/mol. The standard InChI is InChI=1S/C25H19F2N5O2.C6H8O7/c1-31-13-17-12-16(6-9-20(17)29-31)22-23(33)21(15-4-7-18(8-5-15)34-25(26)27)24-28-19(14-2-3-14)10-11-32(24)30-22;7-3(8)1-6(13,5(11)12)2-4(9)10/h4-14,25H,2-3H2,1H3;13H,1-2H2,(H,7,8)(H,9,10)(H,11,12). The lowest BCUT2D eigenvalue weighted by Gasteiger charge is -2.18. The van der Waals surface area contributed by atoms with Crippen molar-refractivity contribution in [3.63, 3.8) is 0 Å². The van der Waals surface area contributed by atoms with Gasteiger partial charge in [0.25, 0.3) is 0 Å². The second kappa shape index (κ2) is 12.9. The van der Waals surface area contributed by atoms with Gasteiger partial charge in [-0.2, -0.15) is 19.0 Å². The van der Waals surface area contributed by atoms with Crippen molar-refractivity contribution < 1.29 is 48.3 Å². The Morgan fingerprint density at radius 3 is 2.19 bits per heavy atom. The molecule has 14 nitrogen and oxygen atoms in total. The molecule has 1 aliphatic carbocycles. The van der Waals surface area contributed by atoms with E-state index in [-0.39, 0.29) is 16.9 Å². The van der Waals surface area contributed by atoms with E-state index in [2.05, 4.69) is 14.9 Å². The van der Waals surface area contributed by atoms with Gasteiger partial charge < -0.3 is 25.2 Å². The summed E-state index contributed by atoms with van der Waals surface area (Å²) in [6.45, 7) is -2.92. The van der Waals surface area contributed by atoms with E-state index in [9.17, 15) is 28.0 Å². The number of aromatic nitrogens is 5. The number of fused-ring (bicyclic) bond motifs is 2. The molecule has 0 saturated heterocycles. The number of aryl methyl sites for hydroxylation is 1. The monoisotopic (exact) mass is 651 g/mol. The van der Waals surface area contributed by atoms with Crippen LogP contribution in [0.1, 0.15) is 37.3 Å². The van der Waals surface area contributed by atoms with Crippen LogP contribution in [0, 0.1) is 0 Å². The van der Waals surface area contributed by atoms with Gasteiger partial charge in [-0.25, -0.2) is 14.3 Å². The Bertz CT molecular complexity index is 2040. The van der Waals surface area contributed by atoms with Gasteiger partial charge in [0.2, 0.25) is 5.43 Å². The smallest absolute Gasteiger partial charge is 0.387 e. The van der Waals surface area contributed by atoms with Gasteiger partial charge in [-0.1, -0.05) is 18.2 Å². The molecule has 6 rings (SSSR count). The quantitative estimate of drug-likeness (QED) is 0.171. The Morgan fingerprint density at radius 2 is 1.62 bits per heavy atom. The number of hydrogen-bond acceptors (Lipinski definition) is 9. The first kappa shape index (κ1) is 32.6. The molecule has 4 N–H and O–H groups in total. The third-order valence-electron chi connectivity index (χ3n) is 7.25. The fourth-order valence-corrected chi connectivity index (χ4v) is 4.92. The van der Waals surface area contributed by atoms with E-state index in [1.54, 1.807) is 21.3 Å². The maximum absolute atomic E-state index is 13.8. The zero-order valence-corrected chi connectivity index (χ0v) is 24.6. The largest absolute Gasteiger partial charge is 0.481 e. The maximum Gasteiger partial charge on any atom is 0.387 e. The number of carboxylic acids is 3. The van der Waals surface area contributed by atoms with Crippen molar-refractivity contribution in [1.29, 1.82) is 0 Å². The molecule has 0 amide bonds. The molecule has 0 spiro atoms. The second-order valence-corrected chi connectivity index (χ2v) is 10.9. The van der Waals surface area contributed by atoms with Gasteiger partial charge >= 0.3 is 24.5 Å². The highest BCUT2D eigenvalue weighted by Crippen LogP contribution is 2.39. The van der Waals surface area contributed by atoms with Gasteiger partial charge in [0.15, 0.2) is 11.2 Å². The summed E-state index contributed by atoms with van der Waals surface area (Å²) >= 11 is 0. The first-order valence-electron chi connectivity index (χ1n) is 14.1. The zero-order chi connectivity index (χ0) is 34.0. The Labute approximate surface area is 263 Å². The Morgan fingerprint density at radius 1 is 0.979 bits per heavy atom. The van der Waals surface area contributed by atoms with E-state index in [0.29, 0.717) is 28.3 Å². The van der Waals surface area contributed by atoms with Gasteiger partial charge in [-0.05, 0) is 48.7 Å². The van der Waals surface area contributed by atoms with E-state index in [1.807, 2.05) is 43.7 Å². The highest BCUT2D eigenvalue weighted by molar-refractivity contribution is 5.88. The van der Waals surface area contributed by atoms with Crippen molar-refractivity contribution >= 4 is 34.5 Å². The number of rotatable bonds is 10. The first-order valence-corrected chi connectivity index (χ1v) is 14.1. The molecule has 3 heterocycles. The first-order chi connectivity index (χ1) is 22.2. The number of hydrogen-bond donors (Lipinski definition) is 4. The van der Waals surface area contributed by atoms with Crippen LogP contribution < -0.4 is 10.2 Å². The lowest BCUT2D eigenvalue weighted by atomic mass is 9.96. The third kappa shape index (κ3) is 7.38. The van der Waals surface area contributed by atoms with Crippen molar-refractivity contribution in [2.75, 3.05) is 0 Å². The van der Waals surface area contributed by atoms with E-state index in [1.165, 1.54) is 12.1 Å². The van der Waals surface area contributed by atoms with Crippen LogP contribution in [-0.4, -0.2) is 74.9 Å². The minimum absolute atomic E-state index is 0.0195. The molecule has 0 unspecified atom stereocenters. The van der Waals surface area contributed by atoms with Crippen LogP contribution in [0.2, 0.25) is 0 Å². The van der Waals surface area contributed by atoms with Crippen LogP contribution >= 0.6 is 0 Å². The third-order valence-corrected chi connectivity index (χ3v) is 7.25. The highest BCUT2D eigenvalue weighted by Gasteiger charge is 2.40.